The van der Waals surface area contributed by atoms with Gasteiger partial charge in [-0.25, -0.2) is 4.39 Å². The largest absolute Gasteiger partial charge is 0.369 e. The van der Waals surface area contributed by atoms with Gasteiger partial charge in [0.2, 0.25) is 0 Å². The van der Waals surface area contributed by atoms with Crippen molar-refractivity contribution in [2.24, 2.45) is 0 Å². The molecule has 0 bridgehead atoms. The highest BCUT2D eigenvalue weighted by Crippen LogP contribution is 2.16. The maximum Gasteiger partial charge on any atom is 0.251 e. The highest BCUT2D eigenvalue weighted by molar-refractivity contribution is 5.95. The maximum atomic E-state index is 13.0. The Bertz CT molecular complexity index is 752. The van der Waals surface area contributed by atoms with E-state index < -0.39 is 0 Å². The van der Waals surface area contributed by atoms with Crippen molar-refractivity contribution in [1.29, 1.82) is 0 Å². The normalized spacial score (nSPS) is 15.1. The average molecular weight is 355 g/mol. The maximum absolute atomic E-state index is 13.0. The van der Waals surface area contributed by atoms with Crippen LogP contribution in [0.1, 0.15) is 21.5 Å². The van der Waals surface area contributed by atoms with Crippen LogP contribution >= 0.6 is 0 Å². The number of hydrogen-bond acceptors (Lipinski definition) is 3. The van der Waals surface area contributed by atoms with Crippen LogP contribution in [-0.4, -0.2) is 50.1 Å². The zero-order chi connectivity index (χ0) is 18.5. The van der Waals surface area contributed by atoms with E-state index >= 15 is 0 Å². The van der Waals surface area contributed by atoms with Crippen LogP contribution < -0.4 is 10.2 Å². The second-order valence-corrected chi connectivity index (χ2v) is 6.88. The molecule has 26 heavy (non-hydrogen) atoms. The molecule has 3 rings (SSSR count). The first-order valence-corrected chi connectivity index (χ1v) is 9.11. The van der Waals surface area contributed by atoms with Crippen molar-refractivity contribution in [2.75, 3.05) is 44.2 Å². The second-order valence-electron chi connectivity index (χ2n) is 6.88. The average Bonchev–Trinajstić information content (AvgIpc) is 2.65. The van der Waals surface area contributed by atoms with Crippen LogP contribution in [-0.2, 0) is 0 Å². The van der Waals surface area contributed by atoms with Crippen LogP contribution in [0.5, 0.6) is 0 Å². The summed E-state index contributed by atoms with van der Waals surface area (Å²) in [6, 6.07) is 12.6. The summed E-state index contributed by atoms with van der Waals surface area (Å²) in [7, 11) is 0. The van der Waals surface area contributed by atoms with E-state index in [1.165, 1.54) is 12.1 Å². The van der Waals surface area contributed by atoms with E-state index in [9.17, 15) is 9.18 Å². The molecule has 0 aliphatic carbocycles. The number of halogens is 1. The predicted molar refractivity (Wildman–Crippen MR) is 103 cm³/mol. The van der Waals surface area contributed by atoms with Crippen molar-refractivity contribution < 1.29 is 9.18 Å². The van der Waals surface area contributed by atoms with Gasteiger partial charge in [-0.3, -0.25) is 9.69 Å². The van der Waals surface area contributed by atoms with E-state index in [4.69, 9.17) is 0 Å². The third-order valence-corrected chi connectivity index (χ3v) is 4.92. The summed E-state index contributed by atoms with van der Waals surface area (Å²) in [6.45, 7) is 9.15. The fourth-order valence-electron chi connectivity index (χ4n) is 3.28. The third kappa shape index (κ3) is 4.61. The summed E-state index contributed by atoms with van der Waals surface area (Å²) in [5.74, 6) is -0.205. The molecular formula is C21H26FN3O. The zero-order valence-corrected chi connectivity index (χ0v) is 15.5. The summed E-state index contributed by atoms with van der Waals surface area (Å²) >= 11 is 0. The van der Waals surface area contributed by atoms with Gasteiger partial charge in [0, 0.05) is 50.5 Å². The molecule has 1 aliphatic heterocycles. The molecule has 1 amide bonds. The first-order valence-electron chi connectivity index (χ1n) is 9.11. The number of nitrogens with zero attached hydrogens (tertiary/aromatic N) is 2. The molecule has 138 valence electrons. The van der Waals surface area contributed by atoms with Crippen LogP contribution in [0.2, 0.25) is 0 Å². The Morgan fingerprint density at radius 3 is 2.42 bits per heavy atom. The third-order valence-electron chi connectivity index (χ3n) is 4.92. The lowest BCUT2D eigenvalue weighted by molar-refractivity contribution is 0.0947. The predicted octanol–water partition coefficient (Wildman–Crippen LogP) is 2.99. The summed E-state index contributed by atoms with van der Waals surface area (Å²) in [4.78, 5) is 17.0. The number of carbonyl (C=O) groups excluding carboxylic acids is 1. The fourth-order valence-corrected chi connectivity index (χ4v) is 3.28. The van der Waals surface area contributed by atoms with E-state index in [1.54, 1.807) is 0 Å². The Morgan fingerprint density at radius 2 is 1.73 bits per heavy atom. The molecular weight excluding hydrogens is 329 g/mol. The van der Waals surface area contributed by atoms with E-state index in [0.29, 0.717) is 6.54 Å². The monoisotopic (exact) mass is 355 g/mol. The van der Waals surface area contributed by atoms with Crippen molar-refractivity contribution in [3.8, 4) is 0 Å². The van der Waals surface area contributed by atoms with Gasteiger partial charge in [-0.1, -0.05) is 17.7 Å². The standard InChI is InChI=1S/C21H26FN3O/c1-16-3-4-17(2)20(15-16)21(26)23-9-10-24-11-13-25(14-12-24)19-7-5-18(22)6-8-19/h3-8,15H,9-14H2,1-2H3,(H,23,26). The molecule has 1 aliphatic rings. The van der Waals surface area contributed by atoms with E-state index in [1.807, 2.05) is 44.2 Å². The highest BCUT2D eigenvalue weighted by Gasteiger charge is 2.17. The Balaban J connectivity index is 1.43. The van der Waals surface area contributed by atoms with Gasteiger partial charge in [-0.2, -0.15) is 0 Å². The van der Waals surface area contributed by atoms with Gasteiger partial charge in [0.05, 0.1) is 0 Å². The summed E-state index contributed by atoms with van der Waals surface area (Å²) in [6.07, 6.45) is 0. The molecule has 0 radical (unpaired) electrons. The topological polar surface area (TPSA) is 35.6 Å². The van der Waals surface area contributed by atoms with E-state index in [0.717, 1.165) is 55.1 Å². The molecule has 1 N–H and O–H groups in total. The lowest BCUT2D eigenvalue weighted by atomic mass is 10.1. The van der Waals surface area contributed by atoms with Gasteiger partial charge in [0.1, 0.15) is 5.82 Å². The first kappa shape index (κ1) is 18.4. The molecule has 2 aromatic rings. The fraction of sp³-hybridized carbons (Fsp3) is 0.381. The summed E-state index contributed by atoms with van der Waals surface area (Å²) in [5.41, 5.74) is 3.92. The number of benzene rings is 2. The quantitative estimate of drug-likeness (QED) is 0.896. The van der Waals surface area contributed by atoms with Gasteiger partial charge in [0.15, 0.2) is 0 Å². The minimum Gasteiger partial charge on any atom is -0.369 e. The van der Waals surface area contributed by atoms with E-state index in [2.05, 4.69) is 15.1 Å². The molecule has 4 nitrogen and oxygen atoms in total. The molecule has 0 unspecified atom stereocenters. The SMILES string of the molecule is Cc1ccc(C)c(C(=O)NCCN2CCN(c3ccc(F)cc3)CC2)c1. The molecule has 0 atom stereocenters. The summed E-state index contributed by atoms with van der Waals surface area (Å²) < 4.78 is 13.0. The number of carbonyl (C=O) groups is 1. The zero-order valence-electron chi connectivity index (χ0n) is 15.5. The second kappa shape index (κ2) is 8.32. The molecule has 2 aromatic carbocycles. The van der Waals surface area contributed by atoms with Gasteiger partial charge in [0.25, 0.3) is 5.91 Å². The minimum absolute atomic E-state index is 0.00357. The molecule has 0 saturated carbocycles. The van der Waals surface area contributed by atoms with Crippen molar-refractivity contribution in [1.82, 2.24) is 10.2 Å². The lowest BCUT2D eigenvalue weighted by Gasteiger charge is -2.36. The molecule has 1 fully saturated rings. The van der Waals surface area contributed by atoms with Gasteiger partial charge in [-0.05, 0) is 49.7 Å². The van der Waals surface area contributed by atoms with Gasteiger partial charge < -0.3 is 10.2 Å². The lowest BCUT2D eigenvalue weighted by Crippen LogP contribution is -2.48. The Morgan fingerprint density at radius 1 is 1.04 bits per heavy atom. The number of aryl methyl sites for hydroxylation is 2. The Labute approximate surface area is 154 Å². The van der Waals surface area contributed by atoms with Crippen LogP contribution in [0, 0.1) is 19.7 Å². The Hall–Kier alpha value is -2.40. The van der Waals surface area contributed by atoms with Crippen LogP contribution in [0.25, 0.3) is 0 Å². The van der Waals surface area contributed by atoms with Crippen molar-refractivity contribution in [3.63, 3.8) is 0 Å². The molecule has 1 saturated heterocycles. The first-order chi connectivity index (χ1) is 12.5. The number of rotatable bonds is 5. The van der Waals surface area contributed by atoms with Crippen molar-refractivity contribution >= 4 is 11.6 Å². The van der Waals surface area contributed by atoms with E-state index in [-0.39, 0.29) is 11.7 Å². The molecule has 5 heteroatoms. The number of nitrogens with one attached hydrogen (secondary N) is 1. The van der Waals surface area contributed by atoms with Crippen molar-refractivity contribution in [2.45, 2.75) is 13.8 Å². The van der Waals surface area contributed by atoms with Crippen LogP contribution in [0.15, 0.2) is 42.5 Å². The highest BCUT2D eigenvalue weighted by atomic mass is 19.1. The van der Waals surface area contributed by atoms with Crippen molar-refractivity contribution in [3.05, 3.63) is 65.0 Å². The smallest absolute Gasteiger partial charge is 0.251 e. The summed E-state index contributed by atoms with van der Waals surface area (Å²) in [5, 5.41) is 3.03. The van der Waals surface area contributed by atoms with Crippen LogP contribution in [0.4, 0.5) is 10.1 Å². The number of hydrogen-bond donors (Lipinski definition) is 1. The minimum atomic E-state index is -0.202. The van der Waals surface area contributed by atoms with Gasteiger partial charge >= 0.3 is 0 Å². The number of amides is 1. The van der Waals surface area contributed by atoms with Gasteiger partial charge in [-0.15, -0.1) is 0 Å². The molecule has 1 heterocycles. The molecule has 0 spiro atoms. The molecule has 0 aromatic heterocycles. The number of piperazine rings is 1. The number of anilines is 1. The van der Waals surface area contributed by atoms with Crippen LogP contribution in [0.3, 0.4) is 0 Å². The Kier molecular flexibility index (Phi) is 5.89.